The summed E-state index contributed by atoms with van der Waals surface area (Å²) in [6.45, 7) is 7.21. The van der Waals surface area contributed by atoms with Crippen molar-refractivity contribution in [1.82, 2.24) is 15.1 Å². The lowest BCUT2D eigenvalue weighted by molar-refractivity contribution is -0.127. The molecule has 2 aromatic rings. The van der Waals surface area contributed by atoms with Crippen LogP contribution >= 0.6 is 11.6 Å². The van der Waals surface area contributed by atoms with Gasteiger partial charge in [0, 0.05) is 49.9 Å². The minimum absolute atomic E-state index is 0.00847. The van der Waals surface area contributed by atoms with Crippen molar-refractivity contribution in [2.45, 2.75) is 39.2 Å². The minimum atomic E-state index is -0.0162. The number of hydrogen-bond acceptors (Lipinski definition) is 4. The van der Waals surface area contributed by atoms with E-state index in [2.05, 4.69) is 64.8 Å². The van der Waals surface area contributed by atoms with Crippen molar-refractivity contribution in [1.29, 1.82) is 0 Å². The standard InChI is InChI=1S/C29H36ClN3O2/c1-4-33(29(34)17-21(2)31-3)25-10-12-28(27(30)19-25)32-15-13-22(14-16-32)20-35-26-11-9-23-7-5-6-8-24(23)18-26/h5-12,17-18,22,25,31H,4,13-16,19-20H2,1-3H3/b21-17-/t25-/m1/s1. The van der Waals surface area contributed by atoms with Crippen LogP contribution in [0.3, 0.4) is 0 Å². The normalized spacial score (nSPS) is 19.3. The van der Waals surface area contributed by atoms with Crippen molar-refractivity contribution in [3.8, 4) is 5.75 Å². The van der Waals surface area contributed by atoms with Gasteiger partial charge in [0.1, 0.15) is 5.75 Å². The maximum Gasteiger partial charge on any atom is 0.248 e. The SMILES string of the molecule is CCN(C(=O)/C=C(/C)NC)[C@@H]1C=CC(N2CCC(COc3ccc4ccccc4c3)CC2)=C(Cl)C1. The number of fused-ring (bicyclic) bond motifs is 1. The maximum absolute atomic E-state index is 12.7. The summed E-state index contributed by atoms with van der Waals surface area (Å²) in [4.78, 5) is 16.9. The second kappa shape index (κ2) is 11.7. The smallest absolute Gasteiger partial charge is 0.248 e. The fourth-order valence-electron chi connectivity index (χ4n) is 4.85. The molecule has 0 radical (unpaired) electrons. The summed E-state index contributed by atoms with van der Waals surface area (Å²) >= 11 is 6.77. The lowest BCUT2D eigenvalue weighted by Gasteiger charge is -2.37. The van der Waals surface area contributed by atoms with Gasteiger partial charge in [-0.25, -0.2) is 0 Å². The van der Waals surface area contributed by atoms with Gasteiger partial charge in [-0.05, 0) is 61.6 Å². The van der Waals surface area contributed by atoms with Crippen LogP contribution in [0.1, 0.15) is 33.1 Å². The van der Waals surface area contributed by atoms with E-state index in [-0.39, 0.29) is 11.9 Å². The van der Waals surface area contributed by atoms with Crippen molar-refractivity contribution in [3.63, 3.8) is 0 Å². The summed E-state index contributed by atoms with van der Waals surface area (Å²) in [5.74, 6) is 1.48. The number of hydrogen-bond donors (Lipinski definition) is 1. The van der Waals surface area contributed by atoms with Crippen LogP contribution in [0.4, 0.5) is 0 Å². The predicted molar refractivity (Wildman–Crippen MR) is 144 cm³/mol. The van der Waals surface area contributed by atoms with Crippen LogP contribution in [0.5, 0.6) is 5.75 Å². The number of nitrogens with one attached hydrogen (secondary N) is 1. The molecular weight excluding hydrogens is 458 g/mol. The number of piperidine rings is 1. The largest absolute Gasteiger partial charge is 0.493 e. The third kappa shape index (κ3) is 6.21. The Labute approximate surface area is 214 Å². The Morgan fingerprint density at radius 2 is 1.94 bits per heavy atom. The molecule has 0 aromatic heterocycles. The molecule has 1 aliphatic heterocycles. The topological polar surface area (TPSA) is 44.8 Å². The number of amides is 1. The molecule has 1 N–H and O–H groups in total. The molecule has 5 nitrogen and oxygen atoms in total. The zero-order valence-corrected chi connectivity index (χ0v) is 21.7. The zero-order valence-electron chi connectivity index (χ0n) is 21.0. The highest BCUT2D eigenvalue weighted by Gasteiger charge is 2.27. The van der Waals surface area contributed by atoms with Crippen LogP contribution in [-0.4, -0.2) is 55.0 Å². The van der Waals surface area contributed by atoms with E-state index in [0.29, 0.717) is 18.9 Å². The van der Waals surface area contributed by atoms with Gasteiger partial charge in [-0.3, -0.25) is 4.79 Å². The molecule has 1 fully saturated rings. The number of nitrogens with zero attached hydrogens (tertiary/aromatic N) is 2. The van der Waals surface area contributed by atoms with Gasteiger partial charge in [0.2, 0.25) is 5.91 Å². The molecule has 0 unspecified atom stereocenters. The van der Waals surface area contributed by atoms with Gasteiger partial charge >= 0.3 is 0 Å². The minimum Gasteiger partial charge on any atom is -0.493 e. The monoisotopic (exact) mass is 493 g/mol. The number of halogens is 1. The van der Waals surface area contributed by atoms with Crippen LogP contribution in [0, 0.1) is 5.92 Å². The van der Waals surface area contributed by atoms with E-state index >= 15 is 0 Å². The number of carbonyl (C=O) groups is 1. The summed E-state index contributed by atoms with van der Waals surface area (Å²) in [6, 6.07) is 14.6. The van der Waals surface area contributed by atoms with E-state index in [1.165, 1.54) is 10.8 Å². The summed E-state index contributed by atoms with van der Waals surface area (Å²) in [7, 11) is 1.82. The van der Waals surface area contributed by atoms with Gasteiger partial charge in [-0.2, -0.15) is 0 Å². The van der Waals surface area contributed by atoms with E-state index in [1.54, 1.807) is 6.08 Å². The Morgan fingerprint density at radius 3 is 2.63 bits per heavy atom. The van der Waals surface area contributed by atoms with Gasteiger partial charge in [-0.1, -0.05) is 48.0 Å². The average molecular weight is 494 g/mol. The molecule has 186 valence electrons. The van der Waals surface area contributed by atoms with Crippen LogP contribution < -0.4 is 10.1 Å². The predicted octanol–water partition coefficient (Wildman–Crippen LogP) is 5.68. The number of rotatable bonds is 8. The van der Waals surface area contributed by atoms with Gasteiger partial charge in [-0.15, -0.1) is 0 Å². The molecule has 1 aliphatic carbocycles. The highest BCUT2D eigenvalue weighted by molar-refractivity contribution is 6.30. The zero-order chi connectivity index (χ0) is 24.8. The Kier molecular flexibility index (Phi) is 8.40. The highest BCUT2D eigenvalue weighted by Crippen LogP contribution is 2.31. The van der Waals surface area contributed by atoms with Crippen LogP contribution in [0.15, 0.2) is 77.1 Å². The molecule has 0 spiro atoms. The fraction of sp³-hybridized carbons (Fsp3) is 0.414. The van der Waals surface area contributed by atoms with Gasteiger partial charge in [0.15, 0.2) is 0 Å². The van der Waals surface area contributed by atoms with E-state index in [1.807, 2.05) is 25.8 Å². The van der Waals surface area contributed by atoms with Crippen molar-refractivity contribution < 1.29 is 9.53 Å². The fourth-order valence-corrected chi connectivity index (χ4v) is 5.19. The van der Waals surface area contributed by atoms with Gasteiger partial charge in [0.25, 0.3) is 0 Å². The molecule has 0 bridgehead atoms. The molecule has 4 rings (SSSR count). The lowest BCUT2D eigenvalue weighted by atomic mass is 9.96. The van der Waals surface area contributed by atoms with Crippen molar-refractivity contribution in [2.24, 2.45) is 5.92 Å². The van der Waals surface area contributed by atoms with Crippen molar-refractivity contribution in [3.05, 3.63) is 77.1 Å². The Morgan fingerprint density at radius 1 is 1.20 bits per heavy atom. The molecular formula is C29H36ClN3O2. The van der Waals surface area contributed by atoms with Crippen molar-refractivity contribution >= 4 is 28.3 Å². The summed E-state index contributed by atoms with van der Waals surface area (Å²) in [5.41, 5.74) is 1.95. The lowest BCUT2D eigenvalue weighted by Crippen LogP contribution is -2.41. The molecule has 6 heteroatoms. The molecule has 0 saturated carbocycles. The van der Waals surface area contributed by atoms with Crippen LogP contribution in [0.25, 0.3) is 10.8 Å². The highest BCUT2D eigenvalue weighted by atomic mass is 35.5. The maximum atomic E-state index is 12.7. The number of carbonyl (C=O) groups excluding carboxylic acids is 1. The number of benzene rings is 2. The Balaban J connectivity index is 1.29. The molecule has 35 heavy (non-hydrogen) atoms. The van der Waals surface area contributed by atoms with E-state index in [0.717, 1.165) is 54.7 Å². The van der Waals surface area contributed by atoms with E-state index < -0.39 is 0 Å². The third-order valence-corrected chi connectivity index (χ3v) is 7.41. The number of allylic oxidation sites excluding steroid dienone is 2. The molecule has 1 atom stereocenters. The first kappa shape index (κ1) is 25.2. The van der Waals surface area contributed by atoms with Crippen LogP contribution in [-0.2, 0) is 4.79 Å². The first-order valence-corrected chi connectivity index (χ1v) is 13.0. The van der Waals surface area contributed by atoms with E-state index in [4.69, 9.17) is 16.3 Å². The summed E-state index contributed by atoms with van der Waals surface area (Å²) < 4.78 is 6.15. The number of likely N-dealkylation sites (tertiary alicyclic amines) is 1. The molecule has 2 aromatic carbocycles. The second-order valence-electron chi connectivity index (χ2n) is 9.37. The second-order valence-corrected chi connectivity index (χ2v) is 9.83. The summed E-state index contributed by atoms with van der Waals surface area (Å²) in [6.07, 6.45) is 8.69. The number of likely N-dealkylation sites (N-methyl/N-ethyl adjacent to an activating group) is 1. The van der Waals surface area contributed by atoms with E-state index in [9.17, 15) is 4.79 Å². The third-order valence-electron chi connectivity index (χ3n) is 7.06. The average Bonchev–Trinajstić information content (AvgIpc) is 2.88. The Hall–Kier alpha value is -2.92. The van der Waals surface area contributed by atoms with Gasteiger partial charge in [0.05, 0.1) is 18.3 Å². The van der Waals surface area contributed by atoms with Gasteiger partial charge < -0.3 is 19.9 Å². The Bertz CT molecular complexity index is 1130. The molecule has 1 heterocycles. The molecule has 2 aliphatic rings. The summed E-state index contributed by atoms with van der Waals surface area (Å²) in [5, 5.41) is 6.29. The van der Waals surface area contributed by atoms with Crippen molar-refractivity contribution in [2.75, 3.05) is 33.3 Å². The quantitative estimate of drug-likeness (QED) is 0.480. The first-order valence-electron chi connectivity index (χ1n) is 12.6. The molecule has 1 saturated heterocycles. The molecule has 1 amide bonds. The first-order chi connectivity index (χ1) is 17.0. The van der Waals surface area contributed by atoms with Crippen LogP contribution in [0.2, 0.25) is 0 Å². The number of ether oxygens (including phenoxy) is 1.